The average Bonchev–Trinajstić information content (AvgIpc) is 3.17. The van der Waals surface area contributed by atoms with Gasteiger partial charge in [0.2, 0.25) is 0 Å². The predicted octanol–water partition coefficient (Wildman–Crippen LogP) is 2.06. The molecule has 0 aromatic carbocycles. The van der Waals surface area contributed by atoms with Gasteiger partial charge in [-0.15, -0.1) is 0 Å². The van der Waals surface area contributed by atoms with Crippen LogP contribution in [0.2, 0.25) is 0 Å². The summed E-state index contributed by atoms with van der Waals surface area (Å²) in [5, 5.41) is 8.12. The Kier molecular flexibility index (Phi) is 4.16. The van der Waals surface area contributed by atoms with Crippen molar-refractivity contribution in [3.8, 4) is 0 Å². The zero-order chi connectivity index (χ0) is 13.8. The molecule has 3 rings (SSSR count). The van der Waals surface area contributed by atoms with E-state index >= 15 is 0 Å². The van der Waals surface area contributed by atoms with Crippen LogP contribution in [0.5, 0.6) is 0 Å². The molecule has 0 aliphatic heterocycles. The monoisotopic (exact) mass is 273 g/mol. The Morgan fingerprint density at radius 1 is 1.30 bits per heavy atom. The topological polar surface area (TPSA) is 47.7 Å². The largest absolute Gasteiger partial charge is 0.338 e. The minimum absolute atomic E-state index is 0.635. The molecule has 2 aromatic heterocycles. The molecule has 0 saturated heterocycles. The normalized spacial score (nSPS) is 16.1. The first-order valence-corrected chi connectivity index (χ1v) is 7.54. The SMILES string of the molecule is Cn1ccnc1CCNCc1ccn(C2CCCC2)n1. The van der Waals surface area contributed by atoms with Crippen LogP contribution < -0.4 is 5.32 Å². The van der Waals surface area contributed by atoms with Crippen molar-refractivity contribution < 1.29 is 0 Å². The van der Waals surface area contributed by atoms with E-state index < -0.39 is 0 Å². The maximum atomic E-state index is 4.68. The number of aryl methyl sites for hydroxylation is 1. The van der Waals surface area contributed by atoms with E-state index in [1.54, 1.807) is 0 Å². The first-order valence-electron chi connectivity index (χ1n) is 7.54. The van der Waals surface area contributed by atoms with Gasteiger partial charge in [0.25, 0.3) is 0 Å². The minimum Gasteiger partial charge on any atom is -0.338 e. The summed E-state index contributed by atoms with van der Waals surface area (Å²) in [6, 6.07) is 2.77. The van der Waals surface area contributed by atoms with Crippen molar-refractivity contribution in [1.29, 1.82) is 0 Å². The third-order valence-electron chi connectivity index (χ3n) is 4.11. The molecular weight excluding hydrogens is 250 g/mol. The van der Waals surface area contributed by atoms with Gasteiger partial charge in [0.1, 0.15) is 5.82 Å². The van der Waals surface area contributed by atoms with Gasteiger partial charge in [-0.1, -0.05) is 12.8 Å². The first kappa shape index (κ1) is 13.4. The van der Waals surface area contributed by atoms with Gasteiger partial charge < -0.3 is 9.88 Å². The van der Waals surface area contributed by atoms with Crippen molar-refractivity contribution in [1.82, 2.24) is 24.6 Å². The van der Waals surface area contributed by atoms with Crippen LogP contribution in [0.1, 0.15) is 43.2 Å². The van der Waals surface area contributed by atoms with Crippen LogP contribution in [0.4, 0.5) is 0 Å². The smallest absolute Gasteiger partial charge is 0.109 e. The van der Waals surface area contributed by atoms with Crippen molar-refractivity contribution in [3.05, 3.63) is 36.2 Å². The molecule has 1 aliphatic rings. The van der Waals surface area contributed by atoms with Crippen molar-refractivity contribution in [3.63, 3.8) is 0 Å². The van der Waals surface area contributed by atoms with Crippen molar-refractivity contribution in [2.75, 3.05) is 6.54 Å². The highest BCUT2D eigenvalue weighted by molar-refractivity contribution is 5.00. The lowest BCUT2D eigenvalue weighted by Crippen LogP contribution is -2.18. The van der Waals surface area contributed by atoms with Gasteiger partial charge in [-0.05, 0) is 18.9 Å². The Hall–Kier alpha value is -1.62. The van der Waals surface area contributed by atoms with Crippen LogP contribution in [0, 0.1) is 0 Å². The third-order valence-corrected chi connectivity index (χ3v) is 4.11. The second kappa shape index (κ2) is 6.22. The van der Waals surface area contributed by atoms with Gasteiger partial charge in [-0.2, -0.15) is 5.10 Å². The molecule has 5 nitrogen and oxygen atoms in total. The molecule has 2 aromatic rings. The molecule has 0 spiro atoms. The standard InChI is InChI=1S/C15H23N5/c1-19-11-9-17-15(19)6-8-16-12-13-7-10-20(18-13)14-4-2-3-5-14/h7,9-11,14,16H,2-6,8,12H2,1H3. The van der Waals surface area contributed by atoms with Crippen LogP contribution in [-0.4, -0.2) is 25.9 Å². The van der Waals surface area contributed by atoms with E-state index in [9.17, 15) is 0 Å². The molecule has 108 valence electrons. The maximum absolute atomic E-state index is 4.68. The quantitative estimate of drug-likeness (QED) is 0.820. The Morgan fingerprint density at radius 2 is 2.15 bits per heavy atom. The number of imidazole rings is 1. The van der Waals surface area contributed by atoms with Crippen LogP contribution in [-0.2, 0) is 20.0 Å². The fraction of sp³-hybridized carbons (Fsp3) is 0.600. The molecule has 1 N–H and O–H groups in total. The molecule has 2 heterocycles. The van der Waals surface area contributed by atoms with Gasteiger partial charge in [-0.25, -0.2) is 4.98 Å². The molecule has 5 heteroatoms. The fourth-order valence-electron chi connectivity index (χ4n) is 2.90. The highest BCUT2D eigenvalue weighted by Crippen LogP contribution is 2.28. The van der Waals surface area contributed by atoms with Gasteiger partial charge in [0, 0.05) is 45.1 Å². The van der Waals surface area contributed by atoms with Crippen molar-refractivity contribution in [2.24, 2.45) is 7.05 Å². The van der Waals surface area contributed by atoms with Crippen LogP contribution in [0.3, 0.4) is 0 Å². The van der Waals surface area contributed by atoms with Crippen LogP contribution in [0.15, 0.2) is 24.7 Å². The van der Waals surface area contributed by atoms with E-state index in [1.165, 1.54) is 25.7 Å². The number of nitrogens with one attached hydrogen (secondary N) is 1. The lowest BCUT2D eigenvalue weighted by atomic mass is 10.3. The predicted molar refractivity (Wildman–Crippen MR) is 78.4 cm³/mol. The van der Waals surface area contributed by atoms with Gasteiger partial charge in [0.05, 0.1) is 11.7 Å². The zero-order valence-corrected chi connectivity index (χ0v) is 12.1. The minimum atomic E-state index is 0.635. The highest BCUT2D eigenvalue weighted by Gasteiger charge is 2.17. The number of rotatable bonds is 6. The summed E-state index contributed by atoms with van der Waals surface area (Å²) in [5.41, 5.74) is 1.14. The molecule has 1 fully saturated rings. The number of aromatic nitrogens is 4. The van der Waals surface area contributed by atoms with E-state index in [0.29, 0.717) is 6.04 Å². The summed E-state index contributed by atoms with van der Waals surface area (Å²) in [6.07, 6.45) is 12.2. The second-order valence-corrected chi connectivity index (χ2v) is 5.61. The molecule has 0 atom stereocenters. The second-order valence-electron chi connectivity index (χ2n) is 5.61. The van der Waals surface area contributed by atoms with Crippen LogP contribution in [0.25, 0.3) is 0 Å². The van der Waals surface area contributed by atoms with Gasteiger partial charge in [-0.3, -0.25) is 4.68 Å². The number of hydrogen-bond acceptors (Lipinski definition) is 3. The maximum Gasteiger partial charge on any atom is 0.109 e. The fourth-order valence-corrected chi connectivity index (χ4v) is 2.90. The molecule has 0 amide bonds. The lowest BCUT2D eigenvalue weighted by Gasteiger charge is -2.09. The summed E-state index contributed by atoms with van der Waals surface area (Å²) < 4.78 is 4.22. The molecule has 0 unspecified atom stereocenters. The third kappa shape index (κ3) is 3.10. The Bertz CT molecular complexity index is 536. The van der Waals surface area contributed by atoms with Crippen molar-refractivity contribution in [2.45, 2.75) is 44.7 Å². The lowest BCUT2D eigenvalue weighted by molar-refractivity contribution is 0.461. The average molecular weight is 273 g/mol. The molecule has 1 saturated carbocycles. The molecular formula is C15H23N5. The number of hydrogen-bond donors (Lipinski definition) is 1. The van der Waals surface area contributed by atoms with E-state index in [-0.39, 0.29) is 0 Å². The number of nitrogens with zero attached hydrogens (tertiary/aromatic N) is 4. The van der Waals surface area contributed by atoms with Gasteiger partial charge in [0.15, 0.2) is 0 Å². The van der Waals surface area contributed by atoms with Gasteiger partial charge >= 0.3 is 0 Å². The molecule has 0 radical (unpaired) electrons. The summed E-state index contributed by atoms with van der Waals surface area (Å²) in [4.78, 5) is 4.32. The molecule has 20 heavy (non-hydrogen) atoms. The molecule has 0 bridgehead atoms. The van der Waals surface area contributed by atoms with Crippen LogP contribution >= 0.6 is 0 Å². The van der Waals surface area contributed by atoms with E-state index in [0.717, 1.165) is 31.0 Å². The van der Waals surface area contributed by atoms with E-state index in [1.807, 2.05) is 19.4 Å². The summed E-state index contributed by atoms with van der Waals surface area (Å²) in [5.74, 6) is 1.12. The van der Waals surface area contributed by atoms with E-state index in [2.05, 4.69) is 36.9 Å². The van der Waals surface area contributed by atoms with E-state index in [4.69, 9.17) is 0 Å². The Balaban J connectivity index is 1.43. The Labute approximate surface area is 120 Å². The summed E-state index contributed by atoms with van der Waals surface area (Å²) in [7, 11) is 2.03. The first-order chi connectivity index (χ1) is 9.83. The molecule has 1 aliphatic carbocycles. The van der Waals surface area contributed by atoms with Crippen molar-refractivity contribution >= 4 is 0 Å². The summed E-state index contributed by atoms with van der Waals surface area (Å²) in [6.45, 7) is 1.77. The highest BCUT2D eigenvalue weighted by atomic mass is 15.3. The Morgan fingerprint density at radius 3 is 2.90 bits per heavy atom. The zero-order valence-electron chi connectivity index (χ0n) is 12.1. The summed E-state index contributed by atoms with van der Waals surface area (Å²) >= 11 is 0.